The van der Waals surface area contributed by atoms with Crippen molar-refractivity contribution in [2.24, 2.45) is 0 Å². The third-order valence-corrected chi connectivity index (χ3v) is 5.82. The van der Waals surface area contributed by atoms with Crippen LogP contribution in [0.15, 0.2) is 34.7 Å². The van der Waals surface area contributed by atoms with Gasteiger partial charge in [0.1, 0.15) is 0 Å². The Hall–Kier alpha value is -1.51. The van der Waals surface area contributed by atoms with Crippen LogP contribution in [0, 0.1) is 0 Å². The van der Waals surface area contributed by atoms with E-state index in [2.05, 4.69) is 14.7 Å². The summed E-state index contributed by atoms with van der Waals surface area (Å²) in [6.07, 6.45) is 0. The number of aromatic nitrogens is 2. The van der Waals surface area contributed by atoms with Gasteiger partial charge >= 0.3 is 0 Å². The fourth-order valence-electron chi connectivity index (χ4n) is 1.48. The van der Waals surface area contributed by atoms with Crippen LogP contribution in [0.5, 0.6) is 0 Å². The Bertz CT molecular complexity index is 716. The van der Waals surface area contributed by atoms with E-state index >= 15 is 0 Å². The summed E-state index contributed by atoms with van der Waals surface area (Å²) >= 11 is 6.22. The molecule has 1 aromatic heterocycles. The molecule has 0 aliphatic rings. The molecule has 1 amide bonds. The number of amides is 1. The molecule has 0 spiro atoms. The number of alkyl halides is 1. The average molecular weight is 346 g/mol. The largest absolute Gasteiger partial charge is 0.345 e. The van der Waals surface area contributed by atoms with Gasteiger partial charge in [-0.3, -0.25) is 4.79 Å². The highest BCUT2D eigenvalue weighted by molar-refractivity contribution is 7.93. The van der Waals surface area contributed by atoms with E-state index in [1.807, 2.05) is 6.07 Å². The Balaban J connectivity index is 1.99. The maximum atomic E-state index is 11.8. The Morgan fingerprint density at radius 2 is 2.00 bits per heavy atom. The molecule has 0 atom stereocenters. The van der Waals surface area contributed by atoms with Crippen molar-refractivity contribution in [1.82, 2.24) is 14.7 Å². The lowest BCUT2D eigenvalue weighted by atomic mass is 10.2. The summed E-state index contributed by atoms with van der Waals surface area (Å²) in [4.78, 5) is 15.7. The van der Waals surface area contributed by atoms with Gasteiger partial charge in [-0.2, -0.15) is 4.37 Å². The van der Waals surface area contributed by atoms with Gasteiger partial charge in [-0.15, -0.1) is 11.6 Å². The Morgan fingerprint density at radius 3 is 2.67 bits per heavy atom. The lowest BCUT2D eigenvalue weighted by Gasteiger charge is -2.01. The molecule has 1 aromatic carbocycles. The molecule has 112 valence electrons. The molecule has 0 fully saturated rings. The molecular formula is C12H12ClN3O3S2. The Morgan fingerprint density at radius 1 is 1.29 bits per heavy atom. The predicted octanol–water partition coefficient (Wildman–Crippen LogP) is 1.48. The standard InChI is InChI=1S/C12H12ClN3O3S2/c13-6-7-21(18,19)12-15-10(16-20-12)8-14-11(17)9-4-2-1-3-5-9/h1-5H,6-8H2,(H,14,17). The Kier molecular flexibility index (Phi) is 5.27. The van der Waals surface area contributed by atoms with Gasteiger partial charge in [-0.1, -0.05) is 18.2 Å². The smallest absolute Gasteiger partial charge is 0.251 e. The van der Waals surface area contributed by atoms with Crippen molar-refractivity contribution in [2.45, 2.75) is 10.9 Å². The summed E-state index contributed by atoms with van der Waals surface area (Å²) in [6, 6.07) is 8.69. The second kappa shape index (κ2) is 6.97. The Labute approximate surface area is 131 Å². The zero-order valence-corrected chi connectivity index (χ0v) is 13.2. The number of rotatable bonds is 6. The van der Waals surface area contributed by atoms with Gasteiger partial charge in [0, 0.05) is 11.4 Å². The highest BCUT2D eigenvalue weighted by atomic mass is 35.5. The van der Waals surface area contributed by atoms with Crippen molar-refractivity contribution >= 4 is 38.9 Å². The number of nitrogens with one attached hydrogen (secondary N) is 1. The molecule has 0 aliphatic carbocycles. The van der Waals surface area contributed by atoms with Gasteiger partial charge in [0.25, 0.3) is 5.91 Å². The van der Waals surface area contributed by atoms with E-state index in [4.69, 9.17) is 11.6 Å². The van der Waals surface area contributed by atoms with Crippen molar-refractivity contribution in [1.29, 1.82) is 0 Å². The quantitative estimate of drug-likeness (QED) is 0.801. The lowest BCUT2D eigenvalue weighted by Crippen LogP contribution is -2.23. The highest BCUT2D eigenvalue weighted by Crippen LogP contribution is 2.14. The first-order valence-electron chi connectivity index (χ1n) is 5.97. The van der Waals surface area contributed by atoms with E-state index in [9.17, 15) is 13.2 Å². The van der Waals surface area contributed by atoms with Crippen LogP contribution < -0.4 is 5.32 Å². The van der Waals surface area contributed by atoms with E-state index in [-0.39, 0.29) is 34.2 Å². The fourth-order valence-corrected chi connectivity index (χ4v) is 3.96. The molecule has 0 unspecified atom stereocenters. The van der Waals surface area contributed by atoms with E-state index in [0.717, 1.165) is 11.5 Å². The monoisotopic (exact) mass is 345 g/mol. The molecule has 0 radical (unpaired) electrons. The predicted molar refractivity (Wildman–Crippen MR) is 80.3 cm³/mol. The summed E-state index contributed by atoms with van der Waals surface area (Å²) in [6.45, 7) is 0.0701. The van der Waals surface area contributed by atoms with Crippen LogP contribution >= 0.6 is 23.1 Å². The molecule has 1 heterocycles. The topological polar surface area (TPSA) is 89.0 Å². The summed E-state index contributed by atoms with van der Waals surface area (Å²) in [7, 11) is -3.48. The van der Waals surface area contributed by atoms with Crippen molar-refractivity contribution in [3.05, 3.63) is 41.7 Å². The second-order valence-corrected chi connectivity index (χ2v) is 7.45. The zero-order valence-electron chi connectivity index (χ0n) is 10.8. The zero-order chi connectivity index (χ0) is 15.3. The van der Waals surface area contributed by atoms with E-state index in [1.54, 1.807) is 24.3 Å². The maximum Gasteiger partial charge on any atom is 0.251 e. The molecule has 2 aromatic rings. The van der Waals surface area contributed by atoms with Crippen molar-refractivity contribution in [3.63, 3.8) is 0 Å². The molecule has 1 N–H and O–H groups in total. The van der Waals surface area contributed by atoms with E-state index in [0.29, 0.717) is 5.56 Å². The lowest BCUT2D eigenvalue weighted by molar-refractivity contribution is 0.0950. The molecule has 21 heavy (non-hydrogen) atoms. The van der Waals surface area contributed by atoms with Gasteiger partial charge in [0.15, 0.2) is 5.82 Å². The summed E-state index contributed by atoms with van der Waals surface area (Å²) in [5, 5.41) is 2.63. The van der Waals surface area contributed by atoms with Gasteiger partial charge < -0.3 is 5.32 Å². The van der Waals surface area contributed by atoms with E-state index in [1.165, 1.54) is 0 Å². The van der Waals surface area contributed by atoms with Gasteiger partial charge in [0.05, 0.1) is 12.3 Å². The number of halogens is 1. The summed E-state index contributed by atoms with van der Waals surface area (Å²) in [5.74, 6) is -0.186. The van der Waals surface area contributed by atoms with Crippen molar-refractivity contribution in [2.75, 3.05) is 11.6 Å². The van der Waals surface area contributed by atoms with Crippen molar-refractivity contribution < 1.29 is 13.2 Å². The molecule has 0 bridgehead atoms. The van der Waals surface area contributed by atoms with Gasteiger partial charge in [-0.25, -0.2) is 13.4 Å². The molecule has 6 nitrogen and oxygen atoms in total. The van der Waals surface area contributed by atoms with Gasteiger partial charge in [-0.05, 0) is 23.7 Å². The van der Waals surface area contributed by atoms with Crippen LogP contribution in [-0.4, -0.2) is 35.3 Å². The number of nitrogens with zero attached hydrogens (tertiary/aromatic N) is 2. The number of benzene rings is 1. The molecule has 0 saturated carbocycles. The maximum absolute atomic E-state index is 11.8. The van der Waals surface area contributed by atoms with E-state index < -0.39 is 9.84 Å². The first kappa shape index (κ1) is 15.9. The number of hydrogen-bond acceptors (Lipinski definition) is 6. The number of hydrogen-bond donors (Lipinski definition) is 1. The first-order valence-corrected chi connectivity index (χ1v) is 8.93. The second-order valence-electron chi connectivity index (χ2n) is 4.03. The first-order chi connectivity index (χ1) is 10.0. The third kappa shape index (κ3) is 4.23. The van der Waals surface area contributed by atoms with Crippen molar-refractivity contribution in [3.8, 4) is 0 Å². The molecule has 9 heteroatoms. The number of carbonyl (C=O) groups is 1. The van der Waals surface area contributed by atoms with Crippen LogP contribution in [0.2, 0.25) is 0 Å². The molecule has 0 aliphatic heterocycles. The third-order valence-electron chi connectivity index (χ3n) is 2.50. The van der Waals surface area contributed by atoms with Gasteiger partial charge in [0.2, 0.25) is 14.2 Å². The SMILES string of the molecule is O=C(NCc1nsc(S(=O)(=O)CCCl)n1)c1ccccc1. The summed E-state index contributed by atoms with van der Waals surface area (Å²) < 4.78 is 27.3. The minimum Gasteiger partial charge on any atom is -0.345 e. The van der Waals surface area contributed by atoms with Crippen LogP contribution in [0.4, 0.5) is 0 Å². The normalized spacial score (nSPS) is 11.3. The average Bonchev–Trinajstić information content (AvgIpc) is 2.95. The minimum absolute atomic E-state index is 0.00197. The fraction of sp³-hybridized carbons (Fsp3) is 0.250. The van der Waals surface area contributed by atoms with Crippen LogP contribution in [0.1, 0.15) is 16.2 Å². The number of carbonyl (C=O) groups excluding carboxylic acids is 1. The van der Waals surface area contributed by atoms with Crippen LogP contribution in [-0.2, 0) is 16.4 Å². The minimum atomic E-state index is -3.48. The molecule has 2 rings (SSSR count). The summed E-state index contributed by atoms with van der Waals surface area (Å²) in [5.41, 5.74) is 0.516. The van der Waals surface area contributed by atoms with Crippen LogP contribution in [0.3, 0.4) is 0 Å². The highest BCUT2D eigenvalue weighted by Gasteiger charge is 2.19. The molecular weight excluding hydrogens is 334 g/mol. The van der Waals surface area contributed by atoms with Crippen LogP contribution in [0.25, 0.3) is 0 Å². The number of sulfone groups is 1. The molecule has 0 saturated heterocycles.